The van der Waals surface area contributed by atoms with Crippen LogP contribution in [0.5, 0.6) is 0 Å². The molecule has 4 rings (SSSR count). The van der Waals surface area contributed by atoms with Crippen LogP contribution < -0.4 is 0 Å². The number of allylic oxidation sites excluding steroid dienone is 1. The number of hydrogen-bond acceptors (Lipinski definition) is 4. The molecule has 1 fully saturated rings. The van der Waals surface area contributed by atoms with Gasteiger partial charge in [0, 0.05) is 16.0 Å². The standard InChI is InChI=1S/C19H22ClN3O2/c20-15-7-5-14(6-8-15)16-12-23(22-21-16)17-4-3-10-19(18(17)24)9-1-2-11-25-13-19/h1-2,5-8,12,17-18,24H,3-4,9-11,13H2/t17-,18+,19+/m1/s1. The third kappa shape index (κ3) is 3.24. The van der Waals surface area contributed by atoms with Gasteiger partial charge in [0.05, 0.1) is 31.6 Å². The van der Waals surface area contributed by atoms with E-state index in [-0.39, 0.29) is 11.5 Å². The summed E-state index contributed by atoms with van der Waals surface area (Å²) in [6.07, 6.45) is 9.38. The fraction of sp³-hybridized carbons (Fsp3) is 0.474. The third-order valence-corrected chi connectivity index (χ3v) is 5.70. The fourth-order valence-corrected chi connectivity index (χ4v) is 4.13. The second-order valence-corrected chi connectivity index (χ2v) is 7.48. The van der Waals surface area contributed by atoms with E-state index in [9.17, 15) is 5.11 Å². The maximum atomic E-state index is 11.1. The van der Waals surface area contributed by atoms with Crippen LogP contribution in [0.4, 0.5) is 0 Å². The molecule has 1 aromatic heterocycles. The lowest BCUT2D eigenvalue weighted by atomic mass is 9.68. The maximum Gasteiger partial charge on any atom is 0.113 e. The molecule has 1 aliphatic carbocycles. The van der Waals surface area contributed by atoms with Crippen molar-refractivity contribution in [3.8, 4) is 11.3 Å². The van der Waals surface area contributed by atoms with Crippen molar-refractivity contribution in [2.24, 2.45) is 5.41 Å². The van der Waals surface area contributed by atoms with E-state index in [1.165, 1.54) is 0 Å². The molecular formula is C19H22ClN3O2. The number of hydrogen-bond donors (Lipinski definition) is 1. The first-order chi connectivity index (χ1) is 12.2. The zero-order valence-corrected chi connectivity index (χ0v) is 14.8. The molecule has 5 nitrogen and oxygen atoms in total. The molecule has 2 aromatic rings. The number of rotatable bonds is 2. The second-order valence-electron chi connectivity index (χ2n) is 7.05. The minimum atomic E-state index is -0.497. The predicted octanol–water partition coefficient (Wildman–Crippen LogP) is 3.65. The Bertz CT molecular complexity index is 758. The summed E-state index contributed by atoms with van der Waals surface area (Å²) in [4.78, 5) is 0. The molecule has 1 aromatic carbocycles. The number of nitrogens with zero attached hydrogens (tertiary/aromatic N) is 3. The van der Waals surface area contributed by atoms with E-state index < -0.39 is 6.10 Å². The third-order valence-electron chi connectivity index (χ3n) is 5.45. The van der Waals surface area contributed by atoms with E-state index >= 15 is 0 Å². The molecule has 25 heavy (non-hydrogen) atoms. The van der Waals surface area contributed by atoms with E-state index in [0.717, 1.165) is 36.9 Å². The SMILES string of the molecule is O[C@H]1[C@H](n2cc(-c3ccc(Cl)cc3)nn2)CCC[C@]12CC=CCOC2. The number of benzene rings is 1. The molecule has 1 saturated carbocycles. The van der Waals surface area contributed by atoms with Crippen molar-refractivity contribution in [2.45, 2.75) is 37.8 Å². The van der Waals surface area contributed by atoms with Crippen molar-refractivity contribution in [1.29, 1.82) is 0 Å². The molecule has 6 heteroatoms. The van der Waals surface area contributed by atoms with Gasteiger partial charge in [-0.1, -0.05) is 47.5 Å². The monoisotopic (exact) mass is 359 g/mol. The Kier molecular flexibility index (Phi) is 4.63. The van der Waals surface area contributed by atoms with Gasteiger partial charge in [-0.15, -0.1) is 5.10 Å². The average molecular weight is 360 g/mol. The summed E-state index contributed by atoms with van der Waals surface area (Å²) in [5, 5.41) is 20.4. The fourth-order valence-electron chi connectivity index (χ4n) is 4.00. The van der Waals surface area contributed by atoms with Crippen molar-refractivity contribution < 1.29 is 9.84 Å². The van der Waals surface area contributed by atoms with Crippen molar-refractivity contribution in [3.63, 3.8) is 0 Å². The summed E-state index contributed by atoms with van der Waals surface area (Å²) in [7, 11) is 0. The Hall–Kier alpha value is -1.69. The number of halogens is 1. The number of aliphatic hydroxyl groups excluding tert-OH is 1. The highest BCUT2D eigenvalue weighted by molar-refractivity contribution is 6.30. The molecule has 0 amide bonds. The highest BCUT2D eigenvalue weighted by Crippen LogP contribution is 2.45. The summed E-state index contributed by atoms with van der Waals surface area (Å²) in [5.41, 5.74) is 1.54. The lowest BCUT2D eigenvalue weighted by Crippen LogP contribution is -2.47. The Morgan fingerprint density at radius 1 is 1.24 bits per heavy atom. The molecule has 3 atom stereocenters. The van der Waals surface area contributed by atoms with Gasteiger partial charge in [-0.25, -0.2) is 4.68 Å². The lowest BCUT2D eigenvalue weighted by Gasteiger charge is -2.44. The van der Waals surface area contributed by atoms with Crippen LogP contribution in [0.1, 0.15) is 31.7 Å². The van der Waals surface area contributed by atoms with Crippen LogP contribution in [0.15, 0.2) is 42.6 Å². The van der Waals surface area contributed by atoms with Gasteiger partial charge in [0.2, 0.25) is 0 Å². The zero-order chi connectivity index (χ0) is 17.3. The highest BCUT2D eigenvalue weighted by atomic mass is 35.5. The normalized spacial score (nSPS) is 29.7. The van der Waals surface area contributed by atoms with E-state index in [0.29, 0.717) is 18.2 Å². The van der Waals surface area contributed by atoms with Gasteiger partial charge in [0.25, 0.3) is 0 Å². The topological polar surface area (TPSA) is 60.2 Å². The van der Waals surface area contributed by atoms with E-state index in [2.05, 4.69) is 16.4 Å². The van der Waals surface area contributed by atoms with E-state index in [1.807, 2.05) is 41.2 Å². The van der Waals surface area contributed by atoms with Gasteiger partial charge in [-0.2, -0.15) is 0 Å². The van der Waals surface area contributed by atoms with Crippen molar-refractivity contribution in [3.05, 3.63) is 47.6 Å². The maximum absolute atomic E-state index is 11.1. The number of ether oxygens (including phenoxy) is 1. The zero-order valence-electron chi connectivity index (χ0n) is 14.0. The molecule has 0 saturated heterocycles. The van der Waals surface area contributed by atoms with E-state index in [1.54, 1.807) is 0 Å². The molecule has 0 bridgehead atoms. The summed E-state index contributed by atoms with van der Waals surface area (Å²) >= 11 is 5.95. The summed E-state index contributed by atoms with van der Waals surface area (Å²) in [5.74, 6) is 0. The first-order valence-electron chi connectivity index (χ1n) is 8.77. The van der Waals surface area contributed by atoms with Crippen molar-refractivity contribution in [2.75, 3.05) is 13.2 Å². The minimum Gasteiger partial charge on any atom is -0.390 e. The number of aromatic nitrogens is 3. The van der Waals surface area contributed by atoms with Crippen LogP contribution in [0.3, 0.4) is 0 Å². The molecule has 0 radical (unpaired) electrons. The quantitative estimate of drug-likeness (QED) is 0.831. The Morgan fingerprint density at radius 3 is 2.92 bits per heavy atom. The molecule has 0 unspecified atom stereocenters. The number of aliphatic hydroxyl groups is 1. The van der Waals surface area contributed by atoms with E-state index in [4.69, 9.17) is 16.3 Å². The Balaban J connectivity index is 1.59. The molecule has 2 heterocycles. The first kappa shape index (κ1) is 16.8. The molecule has 132 valence electrons. The van der Waals surface area contributed by atoms with Crippen molar-refractivity contribution >= 4 is 11.6 Å². The van der Waals surface area contributed by atoms with Gasteiger partial charge >= 0.3 is 0 Å². The van der Waals surface area contributed by atoms with Crippen LogP contribution in [-0.4, -0.2) is 39.4 Å². The van der Waals surface area contributed by atoms with Crippen LogP contribution in [-0.2, 0) is 4.74 Å². The minimum absolute atomic E-state index is 0.0719. The van der Waals surface area contributed by atoms with Gasteiger partial charge in [-0.05, 0) is 31.4 Å². The van der Waals surface area contributed by atoms with Gasteiger partial charge in [0.1, 0.15) is 5.69 Å². The molecule has 1 N–H and O–H groups in total. The smallest absolute Gasteiger partial charge is 0.113 e. The predicted molar refractivity (Wildman–Crippen MR) is 96.4 cm³/mol. The van der Waals surface area contributed by atoms with Crippen LogP contribution in [0.2, 0.25) is 5.02 Å². The van der Waals surface area contributed by atoms with Crippen LogP contribution in [0.25, 0.3) is 11.3 Å². The Morgan fingerprint density at radius 2 is 2.08 bits per heavy atom. The summed E-state index contributed by atoms with van der Waals surface area (Å²) < 4.78 is 7.55. The largest absolute Gasteiger partial charge is 0.390 e. The van der Waals surface area contributed by atoms with Gasteiger partial charge in [-0.3, -0.25) is 0 Å². The summed E-state index contributed by atoms with van der Waals surface area (Å²) in [6.45, 7) is 1.22. The van der Waals surface area contributed by atoms with Crippen LogP contribution in [0, 0.1) is 5.41 Å². The van der Waals surface area contributed by atoms with Crippen molar-refractivity contribution in [1.82, 2.24) is 15.0 Å². The first-order valence-corrected chi connectivity index (χ1v) is 9.14. The van der Waals surface area contributed by atoms with Gasteiger partial charge < -0.3 is 9.84 Å². The average Bonchev–Trinajstić information content (AvgIpc) is 2.99. The molecule has 2 aliphatic rings. The Labute approximate surface area is 152 Å². The highest BCUT2D eigenvalue weighted by Gasteiger charge is 2.45. The summed E-state index contributed by atoms with van der Waals surface area (Å²) in [6, 6.07) is 7.47. The lowest BCUT2D eigenvalue weighted by molar-refractivity contribution is -0.0875. The van der Waals surface area contributed by atoms with Gasteiger partial charge in [0.15, 0.2) is 0 Å². The second kappa shape index (κ2) is 6.90. The van der Waals surface area contributed by atoms with Crippen LogP contribution >= 0.6 is 11.6 Å². The molecular weight excluding hydrogens is 338 g/mol. The molecule has 1 spiro atoms. The molecule has 1 aliphatic heterocycles.